The molecule has 0 unspecified atom stereocenters. The number of rotatable bonds is 8. The zero-order valence-electron chi connectivity index (χ0n) is 38.7. The number of benzene rings is 3. The van der Waals surface area contributed by atoms with Gasteiger partial charge in [0.05, 0.1) is 0 Å². The molecule has 4 aliphatic rings. The van der Waals surface area contributed by atoms with Gasteiger partial charge < -0.3 is 41.3 Å². The molecule has 4 aliphatic heterocycles. The van der Waals surface area contributed by atoms with Gasteiger partial charge in [-0.15, -0.1) is 0 Å². The third-order valence-corrected chi connectivity index (χ3v) is 13.3. The fourth-order valence-electron chi connectivity index (χ4n) is 9.87. The van der Waals surface area contributed by atoms with Crippen molar-refractivity contribution in [2.24, 2.45) is 5.92 Å². The first-order chi connectivity index (χ1) is 32.3. The van der Waals surface area contributed by atoms with Crippen LogP contribution in [0.2, 0.25) is 0 Å². The molecule has 4 fully saturated rings. The summed E-state index contributed by atoms with van der Waals surface area (Å²) in [5, 5.41) is 14.5. The lowest BCUT2D eigenvalue weighted by Gasteiger charge is -2.33. The summed E-state index contributed by atoms with van der Waals surface area (Å²) >= 11 is 0. The highest BCUT2D eigenvalue weighted by Crippen LogP contribution is 2.25. The SMILES string of the molecule is CC(C)C[C@H]1NC(=O)[C@H]2CCCN2C(=O)[C@@H](C)NC(=O)[C@@H](Cc2ccccc2)NC(=O)[C@H](Cc2ccccc2)NC(=O)[C@@H]2CCCN2C(=O)[C@@H](Cc2ccccc2)NC(=O)[C@H]2CCCN2C1=O. The molecular formula is C51H64N8O8. The van der Waals surface area contributed by atoms with Gasteiger partial charge in [0.2, 0.25) is 47.3 Å². The van der Waals surface area contributed by atoms with E-state index in [2.05, 4.69) is 26.6 Å². The topological polar surface area (TPSA) is 206 Å². The first-order valence-electron chi connectivity index (χ1n) is 23.8. The van der Waals surface area contributed by atoms with Crippen molar-refractivity contribution in [2.75, 3.05) is 19.6 Å². The van der Waals surface area contributed by atoms with Gasteiger partial charge in [0, 0.05) is 38.9 Å². The minimum absolute atomic E-state index is 0.0241. The van der Waals surface area contributed by atoms with Gasteiger partial charge in [-0.05, 0) is 74.5 Å². The maximum atomic E-state index is 14.8. The number of hydrogen-bond acceptors (Lipinski definition) is 8. The van der Waals surface area contributed by atoms with Crippen molar-refractivity contribution in [3.8, 4) is 0 Å². The Morgan fingerprint density at radius 3 is 1.18 bits per heavy atom. The number of nitrogens with one attached hydrogen (secondary N) is 5. The fraction of sp³-hybridized carbons (Fsp3) is 0.490. The predicted molar refractivity (Wildman–Crippen MR) is 249 cm³/mol. The van der Waals surface area contributed by atoms with Crippen molar-refractivity contribution in [1.29, 1.82) is 0 Å². The Bertz CT molecular complexity index is 2260. The molecule has 67 heavy (non-hydrogen) atoms. The number of carbonyl (C=O) groups is 8. The van der Waals surface area contributed by atoms with Crippen LogP contribution in [0.5, 0.6) is 0 Å². The number of amides is 8. The highest BCUT2D eigenvalue weighted by Gasteiger charge is 2.44. The molecule has 0 aliphatic carbocycles. The number of hydrogen-bond donors (Lipinski definition) is 5. The molecule has 5 N–H and O–H groups in total. The standard InChI is InChI=1S/C51H64N8O8/c1-32(2)28-39-50(66)58-26-15-24-43(58)48(64)56-40(31-36-20-11-6-12-21-36)51(67)59-27-14-23-42(59)46(62)54-38(30-35-18-9-5-10-19-35)45(61)53-37(29-34-16-7-4-8-17-34)44(60)52-33(3)49(65)57-25-13-22-41(57)47(63)55-39/h4-12,16-21,32-33,37-43H,13-15,22-31H2,1-3H3,(H,52,60)(H,53,61)(H,54,62)(H,55,63)(H,56,64)/t33-,37-,38+,39-,40-,41-,42+,43-/m1/s1. The molecule has 3 aromatic carbocycles. The van der Waals surface area contributed by atoms with Gasteiger partial charge in [0.1, 0.15) is 48.3 Å². The summed E-state index contributed by atoms with van der Waals surface area (Å²) < 4.78 is 0. The van der Waals surface area contributed by atoms with Gasteiger partial charge >= 0.3 is 0 Å². The summed E-state index contributed by atoms with van der Waals surface area (Å²) in [6, 6.07) is 19.0. The minimum atomic E-state index is -1.19. The molecule has 0 spiro atoms. The second kappa shape index (κ2) is 22.3. The maximum Gasteiger partial charge on any atom is 0.246 e. The van der Waals surface area contributed by atoms with Crippen LogP contribution in [-0.4, -0.2) is 130 Å². The van der Waals surface area contributed by atoms with E-state index in [0.29, 0.717) is 38.5 Å². The summed E-state index contributed by atoms with van der Waals surface area (Å²) in [5.41, 5.74) is 2.25. The van der Waals surface area contributed by atoms with Crippen molar-refractivity contribution in [3.63, 3.8) is 0 Å². The van der Waals surface area contributed by atoms with Gasteiger partial charge in [-0.1, -0.05) is 105 Å². The van der Waals surface area contributed by atoms with Crippen molar-refractivity contribution < 1.29 is 38.4 Å². The van der Waals surface area contributed by atoms with Gasteiger partial charge in [-0.25, -0.2) is 0 Å². The van der Waals surface area contributed by atoms with E-state index in [1.807, 2.05) is 105 Å². The Balaban J connectivity index is 1.25. The highest BCUT2D eigenvalue weighted by molar-refractivity contribution is 5.99. The van der Waals surface area contributed by atoms with E-state index < -0.39 is 95.6 Å². The zero-order chi connectivity index (χ0) is 47.6. The Morgan fingerprint density at radius 1 is 0.433 bits per heavy atom. The van der Waals surface area contributed by atoms with E-state index in [1.165, 1.54) is 21.6 Å². The second-order valence-corrected chi connectivity index (χ2v) is 18.7. The van der Waals surface area contributed by atoms with Crippen molar-refractivity contribution in [1.82, 2.24) is 41.3 Å². The quantitative estimate of drug-likeness (QED) is 0.226. The monoisotopic (exact) mass is 916 g/mol. The van der Waals surface area contributed by atoms with Crippen LogP contribution in [-0.2, 0) is 57.6 Å². The normalized spacial score (nSPS) is 27.3. The molecule has 0 saturated carbocycles. The second-order valence-electron chi connectivity index (χ2n) is 18.7. The molecule has 16 heteroatoms. The van der Waals surface area contributed by atoms with Crippen molar-refractivity contribution in [2.45, 2.75) is 133 Å². The van der Waals surface area contributed by atoms with E-state index >= 15 is 0 Å². The lowest BCUT2D eigenvalue weighted by molar-refractivity contribution is -0.145. The largest absolute Gasteiger partial charge is 0.343 e. The highest BCUT2D eigenvalue weighted by atomic mass is 16.2. The molecular weight excluding hydrogens is 853 g/mol. The minimum Gasteiger partial charge on any atom is -0.343 e. The molecule has 0 aromatic heterocycles. The Kier molecular flexibility index (Phi) is 16.1. The first-order valence-corrected chi connectivity index (χ1v) is 23.8. The van der Waals surface area contributed by atoms with E-state index in [1.54, 1.807) is 0 Å². The molecule has 3 aromatic rings. The summed E-state index contributed by atoms with van der Waals surface area (Å²) in [5.74, 6) is -4.29. The van der Waals surface area contributed by atoms with Gasteiger partial charge in [-0.2, -0.15) is 0 Å². The molecule has 4 saturated heterocycles. The molecule has 7 rings (SSSR count). The van der Waals surface area contributed by atoms with Crippen LogP contribution in [0.4, 0.5) is 0 Å². The van der Waals surface area contributed by atoms with Crippen LogP contribution < -0.4 is 26.6 Å². The lowest BCUT2D eigenvalue weighted by Crippen LogP contribution is -2.61. The van der Waals surface area contributed by atoms with Crippen LogP contribution in [0.15, 0.2) is 91.0 Å². The van der Waals surface area contributed by atoms with Crippen LogP contribution in [0, 0.1) is 5.92 Å². The molecule has 0 radical (unpaired) electrons. The average molecular weight is 917 g/mol. The maximum absolute atomic E-state index is 14.8. The third-order valence-electron chi connectivity index (χ3n) is 13.3. The van der Waals surface area contributed by atoms with Gasteiger partial charge in [0.25, 0.3) is 0 Å². The van der Waals surface area contributed by atoms with Crippen LogP contribution in [0.3, 0.4) is 0 Å². The molecule has 4 heterocycles. The van der Waals surface area contributed by atoms with Crippen molar-refractivity contribution in [3.05, 3.63) is 108 Å². The number of nitrogens with zero attached hydrogens (tertiary/aromatic N) is 3. The number of fused-ring (bicyclic) bond motifs is 3. The summed E-state index contributed by atoms with van der Waals surface area (Å²) in [7, 11) is 0. The molecule has 16 nitrogen and oxygen atoms in total. The molecule has 8 atom stereocenters. The lowest BCUT2D eigenvalue weighted by atomic mass is 10.0. The van der Waals surface area contributed by atoms with E-state index in [9.17, 15) is 38.4 Å². The Labute approximate surface area is 392 Å². The summed E-state index contributed by atoms with van der Waals surface area (Å²) in [6.45, 7) is 6.13. The van der Waals surface area contributed by atoms with E-state index in [4.69, 9.17) is 0 Å². The molecule has 0 bridgehead atoms. The summed E-state index contributed by atoms with van der Waals surface area (Å²) in [6.07, 6.45) is 3.03. The Morgan fingerprint density at radius 2 is 0.761 bits per heavy atom. The van der Waals surface area contributed by atoms with Gasteiger partial charge in [-0.3, -0.25) is 38.4 Å². The predicted octanol–water partition coefficient (Wildman–Crippen LogP) is 2.19. The fourth-order valence-corrected chi connectivity index (χ4v) is 9.87. The Hall–Kier alpha value is -6.58. The smallest absolute Gasteiger partial charge is 0.246 e. The molecule has 356 valence electrons. The van der Waals surface area contributed by atoms with Crippen LogP contribution >= 0.6 is 0 Å². The zero-order valence-corrected chi connectivity index (χ0v) is 38.7. The average Bonchev–Trinajstić information content (AvgIpc) is 4.13. The summed E-state index contributed by atoms with van der Waals surface area (Å²) in [4.78, 5) is 120. The third kappa shape index (κ3) is 12.1. The first kappa shape index (κ1) is 48.4. The number of carbonyl (C=O) groups excluding carboxylic acids is 8. The van der Waals surface area contributed by atoms with Crippen LogP contribution in [0.25, 0.3) is 0 Å². The van der Waals surface area contributed by atoms with Gasteiger partial charge in [0.15, 0.2) is 0 Å². The van der Waals surface area contributed by atoms with Crippen LogP contribution in [0.1, 0.15) is 82.4 Å². The van der Waals surface area contributed by atoms with E-state index in [-0.39, 0.29) is 51.2 Å². The van der Waals surface area contributed by atoms with Crippen molar-refractivity contribution >= 4 is 47.3 Å². The van der Waals surface area contributed by atoms with E-state index in [0.717, 1.165) is 16.7 Å². The molecule has 8 amide bonds.